The summed E-state index contributed by atoms with van der Waals surface area (Å²) in [7, 11) is 0. The van der Waals surface area contributed by atoms with Crippen LogP contribution < -0.4 is 10.1 Å². The molecule has 39 heavy (non-hydrogen) atoms. The van der Waals surface area contributed by atoms with Crippen LogP contribution in [-0.2, 0) is 0 Å². The molecule has 10 heteroatoms. The van der Waals surface area contributed by atoms with Crippen molar-refractivity contribution in [2.45, 2.75) is 39.0 Å². The van der Waals surface area contributed by atoms with Crippen LogP contribution in [0.15, 0.2) is 54.9 Å². The van der Waals surface area contributed by atoms with Crippen molar-refractivity contribution in [2.75, 3.05) is 13.1 Å². The van der Waals surface area contributed by atoms with Crippen LogP contribution in [0.1, 0.15) is 54.1 Å². The highest BCUT2D eigenvalue weighted by molar-refractivity contribution is 6.35. The van der Waals surface area contributed by atoms with Gasteiger partial charge in [-0.1, -0.05) is 35.3 Å². The number of benzene rings is 2. The largest absolute Gasteiger partial charge is 0.486 e. The SMILES string of the molecule is CC1CN(C(=O)c2ccc(/C(F)=C/c3n[nH]c4ccc(O[C@H](C)c5c(Cl)cncc5Cl)cc34)cc2)CC(C)N1. The first-order valence-corrected chi connectivity index (χ1v) is 13.4. The second-order valence-electron chi connectivity index (χ2n) is 9.84. The molecule has 0 aliphatic carbocycles. The number of pyridine rings is 1. The highest BCUT2D eigenvalue weighted by Gasteiger charge is 2.25. The highest BCUT2D eigenvalue weighted by Crippen LogP contribution is 2.34. The molecule has 5 rings (SSSR count). The Bertz CT molecular complexity index is 1510. The maximum absolute atomic E-state index is 15.3. The Morgan fingerprint density at radius 1 is 1.08 bits per heavy atom. The van der Waals surface area contributed by atoms with Crippen LogP contribution >= 0.6 is 23.2 Å². The van der Waals surface area contributed by atoms with E-state index in [0.29, 0.717) is 56.7 Å². The van der Waals surface area contributed by atoms with E-state index in [-0.39, 0.29) is 18.0 Å². The van der Waals surface area contributed by atoms with Gasteiger partial charge in [-0.05, 0) is 51.1 Å². The summed E-state index contributed by atoms with van der Waals surface area (Å²) in [5.41, 5.74) is 2.67. The van der Waals surface area contributed by atoms with Crippen molar-refractivity contribution in [1.82, 2.24) is 25.4 Å². The second kappa shape index (κ2) is 11.3. The van der Waals surface area contributed by atoms with E-state index in [4.69, 9.17) is 27.9 Å². The summed E-state index contributed by atoms with van der Waals surface area (Å²) in [6, 6.07) is 12.4. The zero-order valence-electron chi connectivity index (χ0n) is 21.7. The maximum atomic E-state index is 15.3. The molecule has 1 saturated heterocycles. The van der Waals surface area contributed by atoms with Gasteiger partial charge in [-0.25, -0.2) is 4.39 Å². The van der Waals surface area contributed by atoms with Crippen LogP contribution in [-0.4, -0.2) is 51.2 Å². The number of aromatic nitrogens is 3. The first-order valence-electron chi connectivity index (χ1n) is 12.7. The Balaban J connectivity index is 1.34. The van der Waals surface area contributed by atoms with E-state index in [9.17, 15) is 4.79 Å². The van der Waals surface area contributed by atoms with Gasteiger partial charge in [0.2, 0.25) is 0 Å². The molecule has 0 saturated carbocycles. The average Bonchev–Trinajstić information content (AvgIpc) is 3.29. The minimum absolute atomic E-state index is 0.0551. The summed E-state index contributed by atoms with van der Waals surface area (Å²) < 4.78 is 21.4. The molecule has 3 atom stereocenters. The number of fused-ring (bicyclic) bond motifs is 1. The number of nitrogens with zero attached hydrogens (tertiary/aromatic N) is 3. The minimum atomic E-state index is -0.471. The van der Waals surface area contributed by atoms with Gasteiger partial charge in [0.15, 0.2) is 0 Å². The number of carbonyl (C=O) groups is 1. The van der Waals surface area contributed by atoms with E-state index in [1.165, 1.54) is 18.5 Å². The summed E-state index contributed by atoms with van der Waals surface area (Å²) in [4.78, 5) is 18.8. The van der Waals surface area contributed by atoms with Crippen LogP contribution in [0.5, 0.6) is 5.75 Å². The molecule has 3 heterocycles. The van der Waals surface area contributed by atoms with Gasteiger partial charge in [0.1, 0.15) is 17.7 Å². The van der Waals surface area contributed by atoms with E-state index < -0.39 is 11.9 Å². The molecule has 2 aromatic heterocycles. The molecule has 4 aromatic rings. The summed E-state index contributed by atoms with van der Waals surface area (Å²) in [6.07, 6.45) is 3.95. The normalized spacial score (nSPS) is 18.8. The lowest BCUT2D eigenvalue weighted by atomic mass is 10.1. The number of ether oxygens (including phenoxy) is 1. The van der Waals surface area contributed by atoms with Crippen LogP contribution in [0.4, 0.5) is 4.39 Å². The van der Waals surface area contributed by atoms with Gasteiger partial charge >= 0.3 is 0 Å². The van der Waals surface area contributed by atoms with Crippen molar-refractivity contribution in [1.29, 1.82) is 0 Å². The third-order valence-corrected chi connectivity index (χ3v) is 7.29. The molecule has 2 aromatic carbocycles. The molecule has 1 aliphatic rings. The predicted molar refractivity (Wildman–Crippen MR) is 153 cm³/mol. The van der Waals surface area contributed by atoms with E-state index in [0.717, 1.165) is 5.52 Å². The van der Waals surface area contributed by atoms with E-state index in [1.807, 2.05) is 17.9 Å². The molecule has 1 aliphatic heterocycles. The summed E-state index contributed by atoms with van der Waals surface area (Å²) in [6.45, 7) is 7.22. The Hall–Kier alpha value is -3.46. The fraction of sp³-hybridized carbons (Fsp3) is 0.276. The van der Waals surface area contributed by atoms with Crippen molar-refractivity contribution in [3.8, 4) is 5.75 Å². The number of rotatable bonds is 6. The summed E-state index contributed by atoms with van der Waals surface area (Å²) >= 11 is 12.5. The van der Waals surface area contributed by atoms with Crippen LogP contribution in [0, 0.1) is 0 Å². The monoisotopic (exact) mass is 567 g/mol. The first-order chi connectivity index (χ1) is 18.7. The van der Waals surface area contributed by atoms with Gasteiger partial charge in [-0.2, -0.15) is 5.10 Å². The van der Waals surface area contributed by atoms with Crippen molar-refractivity contribution in [3.63, 3.8) is 0 Å². The number of carbonyl (C=O) groups excluding carboxylic acids is 1. The quantitative estimate of drug-likeness (QED) is 0.271. The first kappa shape index (κ1) is 27.1. The number of amides is 1. The van der Waals surface area contributed by atoms with Crippen molar-refractivity contribution in [3.05, 3.63) is 87.3 Å². The fourth-order valence-corrected chi connectivity index (χ4v) is 5.59. The van der Waals surface area contributed by atoms with Gasteiger partial charge in [0.05, 0.1) is 21.3 Å². The molecule has 0 spiro atoms. The number of hydrogen-bond acceptors (Lipinski definition) is 5. The lowest BCUT2D eigenvalue weighted by Gasteiger charge is -2.36. The lowest BCUT2D eigenvalue weighted by molar-refractivity contribution is 0.0674. The zero-order chi connectivity index (χ0) is 27.7. The molecular formula is C29H28Cl2FN5O2. The number of hydrogen-bond donors (Lipinski definition) is 2. The Morgan fingerprint density at radius 2 is 1.72 bits per heavy atom. The lowest BCUT2D eigenvalue weighted by Crippen LogP contribution is -2.55. The van der Waals surface area contributed by atoms with Crippen molar-refractivity contribution >= 4 is 51.9 Å². The highest BCUT2D eigenvalue weighted by atomic mass is 35.5. The second-order valence-corrected chi connectivity index (χ2v) is 10.7. The van der Waals surface area contributed by atoms with Crippen molar-refractivity contribution in [2.24, 2.45) is 0 Å². The third-order valence-electron chi connectivity index (χ3n) is 6.69. The van der Waals surface area contributed by atoms with Gasteiger partial charge in [-0.3, -0.25) is 14.9 Å². The molecule has 2 unspecified atom stereocenters. The summed E-state index contributed by atoms with van der Waals surface area (Å²) in [5, 5.41) is 12.1. The Morgan fingerprint density at radius 3 is 2.38 bits per heavy atom. The topological polar surface area (TPSA) is 83.1 Å². The van der Waals surface area contributed by atoms with E-state index >= 15 is 4.39 Å². The number of halogens is 3. The maximum Gasteiger partial charge on any atom is 0.253 e. The molecule has 1 fully saturated rings. The molecule has 2 N–H and O–H groups in total. The smallest absolute Gasteiger partial charge is 0.253 e. The van der Waals surface area contributed by atoms with Gasteiger partial charge in [-0.15, -0.1) is 0 Å². The molecular weight excluding hydrogens is 540 g/mol. The van der Waals surface area contributed by atoms with Crippen molar-refractivity contribution < 1.29 is 13.9 Å². The average molecular weight is 568 g/mol. The van der Waals surface area contributed by atoms with Gasteiger partial charge in [0.25, 0.3) is 5.91 Å². The molecule has 1 amide bonds. The zero-order valence-corrected chi connectivity index (χ0v) is 23.2. The predicted octanol–water partition coefficient (Wildman–Crippen LogP) is 6.69. The van der Waals surface area contributed by atoms with Gasteiger partial charge < -0.3 is 15.0 Å². The molecule has 0 bridgehead atoms. The number of piperazine rings is 1. The Labute approximate surface area is 236 Å². The molecule has 7 nitrogen and oxygen atoms in total. The number of aromatic amines is 1. The van der Waals surface area contributed by atoms with Crippen LogP contribution in [0.25, 0.3) is 22.8 Å². The van der Waals surface area contributed by atoms with Gasteiger partial charge in [0, 0.05) is 65.7 Å². The van der Waals surface area contributed by atoms with Crippen LogP contribution in [0.2, 0.25) is 10.0 Å². The standard InChI is InChI=1S/C29H28Cl2FN5O2/c1-16-14-37(15-17(2)34-16)29(38)20-6-4-19(5-7-20)25(32)11-27-22-10-21(8-9-26(22)35-36-27)39-18(3)28-23(30)12-33-13-24(28)31/h4-13,16-18,34H,14-15H2,1-3H3,(H,35,36)/b25-11-/t16?,17?,18-/m1/s1. The van der Waals surface area contributed by atoms with E-state index in [2.05, 4.69) is 34.3 Å². The van der Waals surface area contributed by atoms with E-state index in [1.54, 1.807) is 36.4 Å². The fourth-order valence-electron chi connectivity index (χ4n) is 4.92. The number of nitrogens with one attached hydrogen (secondary N) is 2. The molecule has 0 radical (unpaired) electrons. The molecule has 202 valence electrons. The third kappa shape index (κ3) is 5.93. The summed E-state index contributed by atoms with van der Waals surface area (Å²) in [5.74, 6) is 0.0252. The number of H-pyrrole nitrogens is 1. The van der Waals surface area contributed by atoms with Crippen LogP contribution in [0.3, 0.4) is 0 Å². The Kier molecular flexibility index (Phi) is 7.88. The minimum Gasteiger partial charge on any atom is -0.486 e.